The number of halogens is 4. The van der Waals surface area contributed by atoms with Crippen molar-refractivity contribution >= 4 is 28.6 Å². The van der Waals surface area contributed by atoms with E-state index in [-0.39, 0.29) is 63.5 Å². The van der Waals surface area contributed by atoms with E-state index in [1.54, 1.807) is 18.2 Å². The van der Waals surface area contributed by atoms with Crippen LogP contribution in [0, 0.1) is 22.9 Å². The summed E-state index contributed by atoms with van der Waals surface area (Å²) in [5.41, 5.74) is 1.01. The van der Waals surface area contributed by atoms with Gasteiger partial charge in [0.05, 0.1) is 46.6 Å². The Bertz CT molecular complexity index is 1910. The van der Waals surface area contributed by atoms with E-state index in [1.165, 1.54) is 24.4 Å². The number of aromatic nitrogens is 4. The second kappa shape index (κ2) is 11.5. The molecule has 0 amide bonds. The van der Waals surface area contributed by atoms with Crippen LogP contribution in [0.1, 0.15) is 47.3 Å². The number of ether oxygens (including phenoxy) is 2. The van der Waals surface area contributed by atoms with Crippen molar-refractivity contribution in [3.63, 3.8) is 0 Å². The summed E-state index contributed by atoms with van der Waals surface area (Å²) >= 11 is 5.74. The minimum Gasteiger partial charge on any atom is -0.478 e. The van der Waals surface area contributed by atoms with Crippen molar-refractivity contribution in [2.75, 3.05) is 13.2 Å². The largest absolute Gasteiger partial charge is 0.478 e. The molecule has 1 aliphatic rings. The summed E-state index contributed by atoms with van der Waals surface area (Å²) in [5.74, 6) is -2.58. The molecule has 0 bridgehead atoms. The van der Waals surface area contributed by atoms with Gasteiger partial charge in [0, 0.05) is 29.7 Å². The van der Waals surface area contributed by atoms with Gasteiger partial charge in [-0.15, -0.1) is 0 Å². The molecule has 1 saturated heterocycles. The fourth-order valence-electron chi connectivity index (χ4n) is 5.35. The number of fused-ring (bicyclic) bond motifs is 1. The highest BCUT2D eigenvalue weighted by molar-refractivity contribution is 6.30. The van der Waals surface area contributed by atoms with Crippen LogP contribution in [0.15, 0.2) is 60.8 Å². The van der Waals surface area contributed by atoms with Crippen LogP contribution in [0.25, 0.3) is 22.3 Å². The fourth-order valence-corrected chi connectivity index (χ4v) is 5.50. The molecule has 1 fully saturated rings. The third-order valence-electron chi connectivity index (χ3n) is 7.70. The van der Waals surface area contributed by atoms with E-state index in [0.717, 1.165) is 18.2 Å². The van der Waals surface area contributed by atoms with E-state index < -0.39 is 23.4 Å². The molecule has 4 heterocycles. The fraction of sp³-hybridized carbons (Fsp3) is 0.250. The van der Waals surface area contributed by atoms with Gasteiger partial charge in [0.1, 0.15) is 35.6 Å². The topological polar surface area (TPSA) is 99.4 Å². The predicted octanol–water partition coefficient (Wildman–Crippen LogP) is 7.03. The first-order valence-corrected chi connectivity index (χ1v) is 14.1. The average Bonchev–Trinajstić information content (AvgIpc) is 3.51. The standard InChI is InChI=1S/C32H26ClF3N4O4/c1-32(2)16-43-15-28(32)40-27-9-17(31(41)42)6-7-25(27)38-29(40)10-18-8-22(35)20(12-21(18)34)24-4-3-5-30(39-24)44-14-26-23(36)11-19(33)13-37-26/h3-9,11-13,28H,10,14-16H2,1-2H3,(H,41,42). The van der Waals surface area contributed by atoms with E-state index in [9.17, 15) is 14.3 Å². The lowest BCUT2D eigenvalue weighted by atomic mass is 9.87. The van der Waals surface area contributed by atoms with Gasteiger partial charge in [-0.25, -0.2) is 27.9 Å². The third-order valence-corrected chi connectivity index (χ3v) is 7.90. The van der Waals surface area contributed by atoms with Crippen molar-refractivity contribution in [1.29, 1.82) is 0 Å². The van der Waals surface area contributed by atoms with Gasteiger partial charge >= 0.3 is 5.97 Å². The van der Waals surface area contributed by atoms with E-state index in [4.69, 9.17) is 26.1 Å². The van der Waals surface area contributed by atoms with Gasteiger partial charge in [0.15, 0.2) is 0 Å². The Kier molecular flexibility index (Phi) is 7.77. The smallest absolute Gasteiger partial charge is 0.335 e. The van der Waals surface area contributed by atoms with Crippen LogP contribution in [0.3, 0.4) is 0 Å². The summed E-state index contributed by atoms with van der Waals surface area (Å²) in [4.78, 5) is 24.6. The number of hydrogen-bond acceptors (Lipinski definition) is 6. The second-order valence-electron chi connectivity index (χ2n) is 11.3. The van der Waals surface area contributed by atoms with E-state index >= 15 is 8.78 Å². The Morgan fingerprint density at radius 3 is 2.64 bits per heavy atom. The molecule has 0 aliphatic carbocycles. The number of carboxylic acid groups (broad SMARTS) is 1. The Morgan fingerprint density at radius 1 is 1.09 bits per heavy atom. The zero-order valence-electron chi connectivity index (χ0n) is 23.7. The van der Waals surface area contributed by atoms with E-state index in [1.807, 2.05) is 18.4 Å². The molecular weight excluding hydrogens is 597 g/mol. The Hall–Kier alpha value is -4.48. The van der Waals surface area contributed by atoms with Crippen molar-refractivity contribution in [2.45, 2.75) is 32.9 Å². The number of carboxylic acids is 1. The number of carbonyl (C=O) groups is 1. The zero-order chi connectivity index (χ0) is 31.2. The highest BCUT2D eigenvalue weighted by Gasteiger charge is 2.39. The molecule has 5 aromatic rings. The quantitative estimate of drug-likeness (QED) is 0.198. The van der Waals surface area contributed by atoms with Crippen LogP contribution in [0.2, 0.25) is 5.02 Å². The highest BCUT2D eigenvalue weighted by atomic mass is 35.5. The SMILES string of the molecule is CC1(C)COCC1n1c(Cc2cc(F)c(-c3cccc(OCc4ncc(Cl)cc4F)n3)cc2F)nc2ccc(C(=O)O)cc21. The number of hydrogen-bond donors (Lipinski definition) is 1. The zero-order valence-corrected chi connectivity index (χ0v) is 24.4. The Balaban J connectivity index is 1.31. The van der Waals surface area contributed by atoms with Gasteiger partial charge in [-0.1, -0.05) is 31.5 Å². The highest BCUT2D eigenvalue weighted by Crippen LogP contribution is 2.40. The van der Waals surface area contributed by atoms with Crippen LogP contribution in [-0.2, 0) is 17.8 Å². The van der Waals surface area contributed by atoms with Crippen LogP contribution in [0.5, 0.6) is 5.88 Å². The van der Waals surface area contributed by atoms with Gasteiger partial charge < -0.3 is 19.1 Å². The van der Waals surface area contributed by atoms with Gasteiger partial charge in [0.25, 0.3) is 0 Å². The molecular formula is C32H26ClF3N4O4. The molecule has 1 N–H and O–H groups in total. The number of imidazole rings is 1. The minimum atomic E-state index is -1.08. The maximum Gasteiger partial charge on any atom is 0.335 e. The predicted molar refractivity (Wildman–Crippen MR) is 156 cm³/mol. The summed E-state index contributed by atoms with van der Waals surface area (Å²) in [5, 5.41) is 9.72. The first-order chi connectivity index (χ1) is 21.0. The molecule has 1 unspecified atom stereocenters. The first kappa shape index (κ1) is 29.6. The van der Waals surface area contributed by atoms with Gasteiger partial charge in [0.2, 0.25) is 5.88 Å². The normalized spacial score (nSPS) is 16.0. The van der Waals surface area contributed by atoms with Gasteiger partial charge in [-0.3, -0.25) is 4.98 Å². The van der Waals surface area contributed by atoms with Crippen molar-refractivity contribution in [2.24, 2.45) is 5.41 Å². The van der Waals surface area contributed by atoms with Crippen molar-refractivity contribution in [1.82, 2.24) is 19.5 Å². The molecule has 44 heavy (non-hydrogen) atoms. The van der Waals surface area contributed by atoms with Crippen molar-refractivity contribution in [3.05, 3.63) is 106 Å². The van der Waals surface area contributed by atoms with Crippen molar-refractivity contribution in [3.8, 4) is 17.1 Å². The third kappa shape index (κ3) is 5.72. The summed E-state index contributed by atoms with van der Waals surface area (Å²) in [7, 11) is 0. The van der Waals surface area contributed by atoms with Gasteiger partial charge in [-0.2, -0.15) is 0 Å². The van der Waals surface area contributed by atoms with Crippen molar-refractivity contribution < 1.29 is 32.5 Å². The lowest BCUT2D eigenvalue weighted by Gasteiger charge is -2.28. The molecule has 0 spiro atoms. The van der Waals surface area contributed by atoms with E-state index in [0.29, 0.717) is 30.1 Å². The number of nitrogens with zero attached hydrogens (tertiary/aromatic N) is 4. The average molecular weight is 623 g/mol. The number of rotatable bonds is 8. The molecule has 8 nitrogen and oxygen atoms in total. The molecule has 6 rings (SSSR count). The van der Waals surface area contributed by atoms with Gasteiger partial charge in [-0.05, 0) is 48.0 Å². The second-order valence-corrected chi connectivity index (χ2v) is 11.7. The Labute approximate surface area is 255 Å². The summed E-state index contributed by atoms with van der Waals surface area (Å²) in [6.45, 7) is 4.66. The summed E-state index contributed by atoms with van der Waals surface area (Å²) in [6, 6.07) is 12.3. The minimum absolute atomic E-state index is 0.0148. The Morgan fingerprint density at radius 2 is 1.91 bits per heavy atom. The summed E-state index contributed by atoms with van der Waals surface area (Å²) in [6.07, 6.45) is 1.24. The molecule has 1 aliphatic heterocycles. The molecule has 0 radical (unpaired) electrons. The lowest BCUT2D eigenvalue weighted by Crippen LogP contribution is -2.27. The lowest BCUT2D eigenvalue weighted by molar-refractivity contribution is 0.0697. The van der Waals surface area contributed by atoms with Crippen LogP contribution < -0.4 is 4.74 Å². The summed E-state index contributed by atoms with van der Waals surface area (Å²) < 4.78 is 58.4. The molecule has 226 valence electrons. The maximum atomic E-state index is 15.6. The maximum absolute atomic E-state index is 15.6. The van der Waals surface area contributed by atoms with E-state index in [2.05, 4.69) is 9.97 Å². The molecule has 0 saturated carbocycles. The molecule has 1 atom stereocenters. The number of pyridine rings is 2. The number of aromatic carboxylic acids is 1. The monoisotopic (exact) mass is 622 g/mol. The first-order valence-electron chi connectivity index (χ1n) is 13.7. The molecule has 2 aromatic carbocycles. The van der Waals surface area contributed by atoms with Crippen LogP contribution in [-0.4, -0.2) is 43.8 Å². The van der Waals surface area contributed by atoms with Crippen LogP contribution in [0.4, 0.5) is 13.2 Å². The van der Waals surface area contributed by atoms with Crippen LogP contribution >= 0.6 is 11.6 Å². The molecule has 12 heteroatoms. The molecule has 3 aromatic heterocycles. The number of benzene rings is 2.